The summed E-state index contributed by atoms with van der Waals surface area (Å²) in [6.45, 7) is 8.52. The molecule has 3 rings (SSSR count). The van der Waals surface area contributed by atoms with Crippen LogP contribution in [0.25, 0.3) is 11.3 Å². The highest BCUT2D eigenvalue weighted by atomic mass is 15.0. The molecule has 1 heterocycles. The predicted octanol–water partition coefficient (Wildman–Crippen LogP) is 3.59. The number of nitrogens with one attached hydrogen (secondary N) is 1. The van der Waals surface area contributed by atoms with Crippen molar-refractivity contribution in [3.8, 4) is 11.3 Å². The van der Waals surface area contributed by atoms with E-state index in [4.69, 9.17) is 5.73 Å². The van der Waals surface area contributed by atoms with Crippen LogP contribution in [0.2, 0.25) is 0 Å². The first-order chi connectivity index (χ1) is 9.39. The average Bonchev–Trinajstić information content (AvgIpc) is 3.13. The van der Waals surface area contributed by atoms with Crippen LogP contribution >= 0.6 is 0 Å². The first kappa shape index (κ1) is 13.4. The molecule has 3 N–H and O–H groups in total. The van der Waals surface area contributed by atoms with E-state index in [2.05, 4.69) is 49.8 Å². The molecule has 3 heteroatoms. The third kappa shape index (κ3) is 2.16. The number of hydrogen-bond donors (Lipinski definition) is 2. The lowest BCUT2D eigenvalue weighted by atomic mass is 9.96. The van der Waals surface area contributed by atoms with Gasteiger partial charge in [-0.1, -0.05) is 6.07 Å². The minimum absolute atomic E-state index is 0.327. The van der Waals surface area contributed by atoms with Crippen molar-refractivity contribution >= 4 is 0 Å². The summed E-state index contributed by atoms with van der Waals surface area (Å²) in [4.78, 5) is 7.98. The maximum atomic E-state index is 6.43. The molecule has 1 fully saturated rings. The molecule has 0 aliphatic heterocycles. The number of benzene rings is 1. The Bertz CT molecular complexity index is 648. The van der Waals surface area contributed by atoms with Gasteiger partial charge < -0.3 is 10.7 Å². The number of imidazole rings is 1. The predicted molar refractivity (Wildman–Crippen MR) is 82.5 cm³/mol. The zero-order chi connectivity index (χ0) is 14.5. The molecule has 20 heavy (non-hydrogen) atoms. The molecule has 3 nitrogen and oxygen atoms in total. The van der Waals surface area contributed by atoms with Crippen LogP contribution in [0.5, 0.6) is 0 Å². The largest absolute Gasteiger partial charge is 0.340 e. The van der Waals surface area contributed by atoms with E-state index in [1.165, 1.54) is 35.1 Å². The Morgan fingerprint density at radius 2 is 1.80 bits per heavy atom. The number of aryl methyl sites for hydroxylation is 3. The molecule has 0 spiro atoms. The van der Waals surface area contributed by atoms with Gasteiger partial charge in [0.2, 0.25) is 0 Å². The topological polar surface area (TPSA) is 54.7 Å². The summed E-state index contributed by atoms with van der Waals surface area (Å²) in [6, 6.07) is 4.46. The van der Waals surface area contributed by atoms with Crippen molar-refractivity contribution in [2.75, 3.05) is 0 Å². The number of nitrogens with two attached hydrogens (primary N) is 1. The highest BCUT2D eigenvalue weighted by Crippen LogP contribution is 2.43. The molecule has 0 amide bonds. The minimum atomic E-state index is -0.327. The summed E-state index contributed by atoms with van der Waals surface area (Å²) in [5.41, 5.74) is 12.3. The molecule has 0 radical (unpaired) electrons. The molecular weight excluding hydrogens is 246 g/mol. The van der Waals surface area contributed by atoms with E-state index in [1.807, 2.05) is 6.20 Å². The van der Waals surface area contributed by atoms with E-state index in [0.717, 1.165) is 11.5 Å². The van der Waals surface area contributed by atoms with Gasteiger partial charge in [0.15, 0.2) is 0 Å². The van der Waals surface area contributed by atoms with Crippen molar-refractivity contribution in [3.05, 3.63) is 40.8 Å². The van der Waals surface area contributed by atoms with Gasteiger partial charge in [0.05, 0.1) is 17.4 Å². The van der Waals surface area contributed by atoms with Gasteiger partial charge in [-0.25, -0.2) is 4.98 Å². The van der Waals surface area contributed by atoms with Gasteiger partial charge >= 0.3 is 0 Å². The SMILES string of the molecule is Cc1cc(C)c(-c2cnc(C(C)(N)C3CC3)[nH]2)cc1C. The van der Waals surface area contributed by atoms with Crippen molar-refractivity contribution in [2.24, 2.45) is 11.7 Å². The molecular formula is C17H23N3. The minimum Gasteiger partial charge on any atom is -0.340 e. The van der Waals surface area contributed by atoms with Crippen LogP contribution in [-0.4, -0.2) is 9.97 Å². The van der Waals surface area contributed by atoms with Crippen LogP contribution in [0.1, 0.15) is 42.3 Å². The third-order valence-corrected chi connectivity index (χ3v) is 4.64. The third-order valence-electron chi connectivity index (χ3n) is 4.64. The summed E-state index contributed by atoms with van der Waals surface area (Å²) in [5, 5.41) is 0. The van der Waals surface area contributed by atoms with Gasteiger partial charge in [0.1, 0.15) is 5.82 Å². The highest BCUT2D eigenvalue weighted by molar-refractivity contribution is 5.65. The molecule has 2 aromatic rings. The van der Waals surface area contributed by atoms with Gasteiger partial charge in [0, 0.05) is 5.56 Å². The fraction of sp³-hybridized carbons (Fsp3) is 0.471. The lowest BCUT2D eigenvalue weighted by Gasteiger charge is -2.21. The van der Waals surface area contributed by atoms with Gasteiger partial charge in [-0.05, 0) is 69.2 Å². The van der Waals surface area contributed by atoms with Crippen LogP contribution in [0.15, 0.2) is 18.3 Å². The van der Waals surface area contributed by atoms with E-state index in [-0.39, 0.29) is 5.54 Å². The Morgan fingerprint density at radius 3 is 2.45 bits per heavy atom. The summed E-state index contributed by atoms with van der Waals surface area (Å²) in [7, 11) is 0. The quantitative estimate of drug-likeness (QED) is 0.894. The van der Waals surface area contributed by atoms with Gasteiger partial charge in [-0.3, -0.25) is 0 Å². The Morgan fingerprint density at radius 1 is 1.15 bits per heavy atom. The lowest BCUT2D eigenvalue weighted by molar-refractivity contribution is 0.404. The van der Waals surface area contributed by atoms with Gasteiger partial charge in [-0.15, -0.1) is 0 Å². The van der Waals surface area contributed by atoms with Crippen molar-refractivity contribution in [1.82, 2.24) is 9.97 Å². The first-order valence-electron chi connectivity index (χ1n) is 7.32. The Hall–Kier alpha value is -1.61. The number of rotatable bonds is 3. The molecule has 106 valence electrons. The molecule has 1 aliphatic carbocycles. The normalized spacial score (nSPS) is 18.1. The summed E-state index contributed by atoms with van der Waals surface area (Å²) >= 11 is 0. The van der Waals surface area contributed by atoms with Crippen LogP contribution in [0.4, 0.5) is 0 Å². The van der Waals surface area contributed by atoms with Gasteiger partial charge in [-0.2, -0.15) is 0 Å². The number of nitrogens with zero attached hydrogens (tertiary/aromatic N) is 1. The monoisotopic (exact) mass is 269 g/mol. The molecule has 1 saturated carbocycles. The van der Waals surface area contributed by atoms with E-state index in [1.54, 1.807) is 0 Å². The van der Waals surface area contributed by atoms with Crippen LogP contribution in [0, 0.1) is 26.7 Å². The average molecular weight is 269 g/mol. The summed E-state index contributed by atoms with van der Waals surface area (Å²) < 4.78 is 0. The lowest BCUT2D eigenvalue weighted by Crippen LogP contribution is -2.36. The Balaban J connectivity index is 2.00. The van der Waals surface area contributed by atoms with E-state index in [9.17, 15) is 0 Å². The summed E-state index contributed by atoms with van der Waals surface area (Å²) in [5.74, 6) is 1.48. The number of aromatic nitrogens is 2. The maximum absolute atomic E-state index is 6.43. The van der Waals surface area contributed by atoms with Crippen molar-refractivity contribution in [3.63, 3.8) is 0 Å². The van der Waals surface area contributed by atoms with Crippen LogP contribution in [-0.2, 0) is 5.54 Å². The smallest absolute Gasteiger partial charge is 0.126 e. The zero-order valence-corrected chi connectivity index (χ0v) is 12.7. The Labute approximate surface area is 120 Å². The molecule has 1 aromatic carbocycles. The van der Waals surface area contributed by atoms with Crippen LogP contribution < -0.4 is 5.73 Å². The number of H-pyrrole nitrogens is 1. The Kier molecular flexibility index (Phi) is 2.98. The fourth-order valence-electron chi connectivity index (χ4n) is 2.86. The molecule has 0 saturated heterocycles. The van der Waals surface area contributed by atoms with Crippen molar-refractivity contribution in [2.45, 2.75) is 46.1 Å². The van der Waals surface area contributed by atoms with Crippen molar-refractivity contribution < 1.29 is 0 Å². The van der Waals surface area contributed by atoms with E-state index < -0.39 is 0 Å². The molecule has 1 aromatic heterocycles. The molecule has 1 unspecified atom stereocenters. The fourth-order valence-corrected chi connectivity index (χ4v) is 2.86. The van der Waals surface area contributed by atoms with E-state index >= 15 is 0 Å². The standard InChI is InChI=1S/C17H23N3/c1-10-7-12(3)14(8-11(10)2)15-9-19-16(20-15)17(4,18)13-5-6-13/h7-9,13H,5-6,18H2,1-4H3,(H,19,20). The number of hydrogen-bond acceptors (Lipinski definition) is 2. The first-order valence-corrected chi connectivity index (χ1v) is 7.32. The summed E-state index contributed by atoms with van der Waals surface area (Å²) in [6.07, 6.45) is 4.34. The molecule has 1 aliphatic rings. The second-order valence-electron chi connectivity index (χ2n) is 6.45. The molecule has 1 atom stereocenters. The maximum Gasteiger partial charge on any atom is 0.126 e. The highest BCUT2D eigenvalue weighted by Gasteiger charge is 2.41. The van der Waals surface area contributed by atoms with Gasteiger partial charge in [0.25, 0.3) is 0 Å². The van der Waals surface area contributed by atoms with E-state index in [0.29, 0.717) is 5.92 Å². The second-order valence-corrected chi connectivity index (χ2v) is 6.45. The zero-order valence-electron chi connectivity index (χ0n) is 12.7. The number of aromatic amines is 1. The van der Waals surface area contributed by atoms with Crippen LogP contribution in [0.3, 0.4) is 0 Å². The molecule has 0 bridgehead atoms. The van der Waals surface area contributed by atoms with Crippen molar-refractivity contribution in [1.29, 1.82) is 0 Å². The second kappa shape index (κ2) is 4.45.